The maximum absolute atomic E-state index is 13.2. The Kier molecular flexibility index (Phi) is 4.81. The van der Waals surface area contributed by atoms with Gasteiger partial charge in [-0.1, -0.05) is 0 Å². The molecule has 8 nitrogen and oxygen atoms in total. The molecule has 0 aliphatic carbocycles. The molecule has 1 aromatic heterocycles. The van der Waals surface area contributed by atoms with Crippen LogP contribution in [0.3, 0.4) is 0 Å². The van der Waals surface area contributed by atoms with Crippen LogP contribution in [0.1, 0.15) is 39.5 Å². The number of fused-ring (bicyclic) bond motifs is 2. The summed E-state index contributed by atoms with van der Waals surface area (Å²) in [7, 11) is -3.43. The number of nitrogens with two attached hydrogens (primary N) is 1. The van der Waals surface area contributed by atoms with Gasteiger partial charge in [0.15, 0.2) is 0 Å². The molecule has 2 aromatic rings. The SMILES string of the molecule is CS(=O)(=O)N1CCc2c(nn(C(=O)C3CCNc4ccc(C(F)(F)F)cc43)c2N)C1. The van der Waals surface area contributed by atoms with Crippen molar-refractivity contribution >= 4 is 27.4 Å². The number of carbonyl (C=O) groups is 1. The summed E-state index contributed by atoms with van der Waals surface area (Å²) < 4.78 is 65.4. The normalized spacial score (nSPS) is 19.7. The highest BCUT2D eigenvalue weighted by atomic mass is 32.2. The third-order valence-electron chi connectivity index (χ3n) is 5.52. The van der Waals surface area contributed by atoms with Gasteiger partial charge in [0.1, 0.15) is 5.82 Å². The topological polar surface area (TPSA) is 110 Å². The van der Waals surface area contributed by atoms with Crippen molar-refractivity contribution in [2.24, 2.45) is 0 Å². The van der Waals surface area contributed by atoms with Gasteiger partial charge in [-0.2, -0.15) is 27.3 Å². The van der Waals surface area contributed by atoms with Crippen LogP contribution in [-0.4, -0.2) is 47.8 Å². The summed E-state index contributed by atoms with van der Waals surface area (Å²) in [5.74, 6) is -1.27. The third-order valence-corrected chi connectivity index (χ3v) is 6.77. The largest absolute Gasteiger partial charge is 0.416 e. The predicted octanol–water partition coefficient (Wildman–Crippen LogP) is 2.04. The molecule has 0 saturated carbocycles. The maximum Gasteiger partial charge on any atom is 0.416 e. The van der Waals surface area contributed by atoms with E-state index in [1.807, 2.05) is 0 Å². The molecule has 2 aliphatic heterocycles. The van der Waals surface area contributed by atoms with Crippen LogP contribution in [0.15, 0.2) is 18.2 Å². The Morgan fingerprint density at radius 2 is 2.07 bits per heavy atom. The molecule has 0 saturated heterocycles. The van der Waals surface area contributed by atoms with Gasteiger partial charge in [0.2, 0.25) is 10.0 Å². The maximum atomic E-state index is 13.2. The standard InChI is InChI=1S/C18H20F3N5O3S/c1-30(28,29)25-7-5-12-15(9-25)24-26(16(12)22)17(27)11-4-6-23-14-3-2-10(8-13(11)14)18(19,20)21/h2-3,8,11,23H,4-7,9,22H2,1H3. The highest BCUT2D eigenvalue weighted by Crippen LogP contribution is 2.38. The van der Waals surface area contributed by atoms with Gasteiger partial charge < -0.3 is 11.1 Å². The molecule has 0 fully saturated rings. The number of aromatic nitrogens is 2. The molecule has 0 amide bonds. The van der Waals surface area contributed by atoms with Crippen LogP contribution in [0.4, 0.5) is 24.7 Å². The zero-order valence-corrected chi connectivity index (χ0v) is 16.8. The second-order valence-corrected chi connectivity index (χ2v) is 9.46. The van der Waals surface area contributed by atoms with E-state index < -0.39 is 33.6 Å². The Balaban J connectivity index is 1.70. The van der Waals surface area contributed by atoms with E-state index in [-0.39, 0.29) is 30.9 Å². The first-order chi connectivity index (χ1) is 14.0. The fourth-order valence-electron chi connectivity index (χ4n) is 3.94. The van der Waals surface area contributed by atoms with Crippen molar-refractivity contribution in [3.8, 4) is 0 Å². The summed E-state index contributed by atoms with van der Waals surface area (Å²) in [4.78, 5) is 13.2. The molecule has 162 valence electrons. The Morgan fingerprint density at radius 1 is 1.33 bits per heavy atom. The fraction of sp³-hybridized carbons (Fsp3) is 0.444. The second kappa shape index (κ2) is 6.98. The predicted molar refractivity (Wildman–Crippen MR) is 104 cm³/mol. The summed E-state index contributed by atoms with van der Waals surface area (Å²) in [5, 5.41) is 7.24. The lowest BCUT2D eigenvalue weighted by Gasteiger charge is -2.26. The van der Waals surface area contributed by atoms with Crippen LogP contribution < -0.4 is 11.1 Å². The van der Waals surface area contributed by atoms with Crippen LogP contribution in [0, 0.1) is 0 Å². The summed E-state index contributed by atoms with van der Waals surface area (Å²) in [6.07, 6.45) is -2.85. The Labute approximate surface area is 170 Å². The van der Waals surface area contributed by atoms with E-state index in [2.05, 4.69) is 10.4 Å². The minimum Gasteiger partial charge on any atom is -0.385 e. The number of halogens is 3. The van der Waals surface area contributed by atoms with E-state index in [0.717, 1.165) is 23.1 Å². The number of anilines is 2. The number of nitrogens with one attached hydrogen (secondary N) is 1. The molecule has 12 heteroatoms. The molecule has 0 spiro atoms. The molecule has 2 aliphatic rings. The van der Waals surface area contributed by atoms with Crippen molar-refractivity contribution < 1.29 is 26.4 Å². The minimum absolute atomic E-state index is 0.000320. The number of rotatable bonds is 2. The highest BCUT2D eigenvalue weighted by Gasteiger charge is 2.36. The van der Waals surface area contributed by atoms with Crippen LogP contribution in [-0.2, 0) is 29.2 Å². The van der Waals surface area contributed by atoms with Gasteiger partial charge in [-0.15, -0.1) is 0 Å². The Bertz CT molecular complexity index is 1130. The molecule has 4 rings (SSSR count). The quantitative estimate of drug-likeness (QED) is 0.735. The first kappa shape index (κ1) is 20.7. The van der Waals surface area contributed by atoms with Crippen molar-refractivity contribution in [2.75, 3.05) is 30.4 Å². The van der Waals surface area contributed by atoms with Gasteiger partial charge in [0, 0.05) is 24.3 Å². The number of nitrogen functional groups attached to an aromatic ring is 1. The van der Waals surface area contributed by atoms with Gasteiger partial charge in [-0.25, -0.2) is 8.42 Å². The number of hydrogen-bond donors (Lipinski definition) is 2. The van der Waals surface area contributed by atoms with Crippen molar-refractivity contribution in [2.45, 2.75) is 31.5 Å². The number of nitrogens with zero attached hydrogens (tertiary/aromatic N) is 3. The van der Waals surface area contributed by atoms with E-state index in [4.69, 9.17) is 5.73 Å². The zero-order chi connectivity index (χ0) is 21.8. The number of benzene rings is 1. The second-order valence-electron chi connectivity index (χ2n) is 7.47. The molecule has 1 atom stereocenters. The Morgan fingerprint density at radius 3 is 2.73 bits per heavy atom. The van der Waals surface area contributed by atoms with E-state index in [0.29, 0.717) is 29.9 Å². The number of alkyl halides is 3. The summed E-state index contributed by atoms with van der Waals surface area (Å²) >= 11 is 0. The number of carbonyl (C=O) groups excluding carboxylic acids is 1. The summed E-state index contributed by atoms with van der Waals surface area (Å²) in [6, 6.07) is 3.27. The van der Waals surface area contributed by atoms with Crippen molar-refractivity contribution in [3.05, 3.63) is 40.6 Å². The zero-order valence-electron chi connectivity index (χ0n) is 16.0. The average molecular weight is 443 g/mol. The van der Waals surface area contributed by atoms with Crippen molar-refractivity contribution in [1.29, 1.82) is 0 Å². The smallest absolute Gasteiger partial charge is 0.385 e. The number of hydrogen-bond acceptors (Lipinski definition) is 6. The van der Waals surface area contributed by atoms with Gasteiger partial charge in [0.05, 0.1) is 30.0 Å². The van der Waals surface area contributed by atoms with Crippen LogP contribution in [0.25, 0.3) is 0 Å². The molecule has 1 aromatic carbocycles. The molecular formula is C18H20F3N5O3S. The summed E-state index contributed by atoms with van der Waals surface area (Å²) in [6.45, 7) is 0.637. The van der Waals surface area contributed by atoms with Gasteiger partial charge in [-0.3, -0.25) is 4.79 Å². The number of sulfonamides is 1. The Hall–Kier alpha value is -2.60. The minimum atomic E-state index is -4.53. The lowest BCUT2D eigenvalue weighted by atomic mass is 9.89. The molecule has 3 heterocycles. The first-order valence-electron chi connectivity index (χ1n) is 9.27. The van der Waals surface area contributed by atoms with Gasteiger partial charge in [0.25, 0.3) is 5.91 Å². The van der Waals surface area contributed by atoms with Gasteiger partial charge in [-0.05, 0) is 36.6 Å². The average Bonchev–Trinajstić information content (AvgIpc) is 3.01. The monoisotopic (exact) mass is 443 g/mol. The molecule has 3 N–H and O–H groups in total. The fourth-order valence-corrected chi connectivity index (χ4v) is 4.72. The van der Waals surface area contributed by atoms with E-state index in [1.165, 1.54) is 10.4 Å². The molecule has 1 unspecified atom stereocenters. The van der Waals surface area contributed by atoms with Gasteiger partial charge >= 0.3 is 6.18 Å². The summed E-state index contributed by atoms with van der Waals surface area (Å²) in [5.41, 5.74) is 6.98. The van der Waals surface area contributed by atoms with Crippen LogP contribution >= 0.6 is 0 Å². The highest BCUT2D eigenvalue weighted by molar-refractivity contribution is 7.88. The molecular weight excluding hydrogens is 423 g/mol. The lowest BCUT2D eigenvalue weighted by molar-refractivity contribution is -0.137. The molecule has 0 bridgehead atoms. The third kappa shape index (κ3) is 3.54. The molecule has 30 heavy (non-hydrogen) atoms. The van der Waals surface area contributed by atoms with Crippen LogP contribution in [0.2, 0.25) is 0 Å². The lowest BCUT2D eigenvalue weighted by Crippen LogP contribution is -2.35. The van der Waals surface area contributed by atoms with Crippen molar-refractivity contribution in [3.63, 3.8) is 0 Å². The van der Waals surface area contributed by atoms with E-state index in [9.17, 15) is 26.4 Å². The first-order valence-corrected chi connectivity index (χ1v) is 11.1. The van der Waals surface area contributed by atoms with Crippen LogP contribution in [0.5, 0.6) is 0 Å². The van der Waals surface area contributed by atoms with E-state index >= 15 is 0 Å². The molecule has 0 radical (unpaired) electrons. The van der Waals surface area contributed by atoms with Crippen molar-refractivity contribution in [1.82, 2.24) is 14.1 Å². The van der Waals surface area contributed by atoms with E-state index in [1.54, 1.807) is 0 Å².